The minimum atomic E-state index is -1.27. The first-order valence-corrected chi connectivity index (χ1v) is 3.24. The van der Waals surface area contributed by atoms with E-state index in [1.165, 1.54) is 6.92 Å². The quantitative estimate of drug-likeness (QED) is 0.438. The predicted molar refractivity (Wildman–Crippen MR) is 33.2 cm³/mol. The molecule has 4 nitrogen and oxygen atoms in total. The van der Waals surface area contributed by atoms with Crippen molar-refractivity contribution in [1.82, 2.24) is 0 Å². The topological polar surface area (TPSA) is 69.9 Å². The Morgan fingerprint density at radius 3 is 2.50 bits per heavy atom. The van der Waals surface area contributed by atoms with Gasteiger partial charge in [0.1, 0.15) is 6.10 Å². The summed E-state index contributed by atoms with van der Waals surface area (Å²) in [5.41, 5.74) is 0. The summed E-state index contributed by atoms with van der Waals surface area (Å²) in [6.07, 6.45) is -1.21. The van der Waals surface area contributed by atoms with Gasteiger partial charge >= 0.3 is 0 Å². The Morgan fingerprint density at radius 1 is 1.70 bits per heavy atom. The normalized spacial score (nSPS) is 48.0. The van der Waals surface area contributed by atoms with Crippen molar-refractivity contribution < 1.29 is 20.1 Å². The average Bonchev–Trinajstić information content (AvgIpc) is 2.05. The van der Waals surface area contributed by atoms with Crippen LogP contribution in [-0.2, 0) is 4.74 Å². The molecule has 1 saturated heterocycles. The van der Waals surface area contributed by atoms with Crippen LogP contribution >= 0.6 is 0 Å². The minimum absolute atomic E-state index is 0.165. The highest BCUT2D eigenvalue weighted by molar-refractivity contribution is 4.83. The lowest BCUT2D eigenvalue weighted by Crippen LogP contribution is -2.26. The molecule has 0 aromatic carbocycles. The molecule has 1 rings (SSSR count). The second-order valence-electron chi connectivity index (χ2n) is 2.79. The molecule has 3 unspecified atom stereocenters. The number of ether oxygens (including phenoxy) is 1. The lowest BCUT2D eigenvalue weighted by atomic mass is 10.1. The van der Waals surface area contributed by atoms with Crippen molar-refractivity contribution in [3.8, 4) is 0 Å². The summed E-state index contributed by atoms with van der Waals surface area (Å²) in [5, 5.41) is 26.8. The van der Waals surface area contributed by atoms with Crippen LogP contribution in [0, 0.1) is 0 Å². The SMILES string of the molecule is CC1(O)CC(O)C(CO)O1. The standard InChI is InChI=1S/C6H12O4/c1-6(9)2-4(8)5(3-7)10-6/h4-5,7-9H,2-3H2,1H3. The van der Waals surface area contributed by atoms with E-state index < -0.39 is 18.0 Å². The summed E-state index contributed by atoms with van der Waals surface area (Å²) in [4.78, 5) is 0. The van der Waals surface area contributed by atoms with E-state index in [1.807, 2.05) is 0 Å². The number of hydrogen-bond donors (Lipinski definition) is 3. The van der Waals surface area contributed by atoms with Crippen LogP contribution in [0.4, 0.5) is 0 Å². The summed E-state index contributed by atoms with van der Waals surface area (Å²) in [6.45, 7) is 1.21. The zero-order valence-corrected chi connectivity index (χ0v) is 5.82. The summed E-state index contributed by atoms with van der Waals surface area (Å²) >= 11 is 0. The molecule has 1 fully saturated rings. The molecule has 60 valence electrons. The Balaban J connectivity index is 2.52. The first kappa shape index (κ1) is 7.94. The number of aliphatic hydroxyl groups is 3. The van der Waals surface area contributed by atoms with E-state index in [4.69, 9.17) is 14.9 Å². The van der Waals surface area contributed by atoms with Gasteiger partial charge in [0, 0.05) is 6.42 Å². The Hall–Kier alpha value is -0.160. The fourth-order valence-corrected chi connectivity index (χ4v) is 1.13. The van der Waals surface area contributed by atoms with Crippen LogP contribution in [0.25, 0.3) is 0 Å². The molecule has 0 bridgehead atoms. The van der Waals surface area contributed by atoms with E-state index in [9.17, 15) is 5.11 Å². The third-order valence-electron chi connectivity index (χ3n) is 1.60. The highest BCUT2D eigenvalue weighted by Gasteiger charge is 2.40. The molecule has 0 radical (unpaired) electrons. The van der Waals surface area contributed by atoms with Gasteiger partial charge in [-0.15, -0.1) is 0 Å². The first-order chi connectivity index (χ1) is 4.55. The van der Waals surface area contributed by atoms with Gasteiger partial charge in [-0.2, -0.15) is 0 Å². The maximum atomic E-state index is 9.17. The van der Waals surface area contributed by atoms with E-state index in [0.717, 1.165) is 0 Å². The average molecular weight is 148 g/mol. The zero-order valence-electron chi connectivity index (χ0n) is 5.82. The van der Waals surface area contributed by atoms with Gasteiger partial charge in [0.2, 0.25) is 0 Å². The molecule has 1 aliphatic rings. The van der Waals surface area contributed by atoms with Gasteiger partial charge in [0.15, 0.2) is 5.79 Å². The lowest BCUT2D eigenvalue weighted by molar-refractivity contribution is -0.185. The van der Waals surface area contributed by atoms with Crippen molar-refractivity contribution in [3.63, 3.8) is 0 Å². The van der Waals surface area contributed by atoms with Gasteiger partial charge in [0.05, 0.1) is 12.7 Å². The van der Waals surface area contributed by atoms with Gasteiger partial charge in [-0.1, -0.05) is 0 Å². The molecule has 0 aromatic rings. The molecule has 3 atom stereocenters. The molecule has 0 amide bonds. The molecule has 0 saturated carbocycles. The Bertz CT molecular complexity index is 123. The molecule has 0 aliphatic carbocycles. The molecular weight excluding hydrogens is 136 g/mol. The molecule has 3 N–H and O–H groups in total. The van der Waals surface area contributed by atoms with Crippen molar-refractivity contribution >= 4 is 0 Å². The second kappa shape index (κ2) is 2.47. The van der Waals surface area contributed by atoms with Crippen LogP contribution in [0.5, 0.6) is 0 Å². The Labute approximate surface area is 59.1 Å². The Morgan fingerprint density at radius 2 is 2.30 bits per heavy atom. The van der Waals surface area contributed by atoms with Crippen molar-refractivity contribution in [2.45, 2.75) is 31.3 Å². The molecule has 0 spiro atoms. The number of aliphatic hydroxyl groups excluding tert-OH is 2. The van der Waals surface area contributed by atoms with Crippen LogP contribution in [0.15, 0.2) is 0 Å². The lowest BCUT2D eigenvalue weighted by Gasteiger charge is -2.15. The third-order valence-corrected chi connectivity index (χ3v) is 1.60. The highest BCUT2D eigenvalue weighted by Crippen LogP contribution is 2.27. The largest absolute Gasteiger partial charge is 0.394 e. The molecule has 0 aromatic heterocycles. The molecule has 4 heteroatoms. The fourth-order valence-electron chi connectivity index (χ4n) is 1.13. The zero-order chi connectivity index (χ0) is 7.78. The van der Waals surface area contributed by atoms with Gasteiger partial charge < -0.3 is 20.1 Å². The summed E-state index contributed by atoms with van der Waals surface area (Å²) < 4.78 is 4.87. The summed E-state index contributed by atoms with van der Waals surface area (Å²) in [6, 6.07) is 0. The van der Waals surface area contributed by atoms with Crippen LogP contribution in [-0.4, -0.2) is 39.9 Å². The van der Waals surface area contributed by atoms with Crippen molar-refractivity contribution in [1.29, 1.82) is 0 Å². The van der Waals surface area contributed by atoms with E-state index >= 15 is 0 Å². The molecule has 1 heterocycles. The molecule has 1 aliphatic heterocycles. The molecular formula is C6H12O4. The van der Waals surface area contributed by atoms with Crippen molar-refractivity contribution in [2.24, 2.45) is 0 Å². The van der Waals surface area contributed by atoms with E-state index in [0.29, 0.717) is 0 Å². The minimum Gasteiger partial charge on any atom is -0.394 e. The van der Waals surface area contributed by atoms with Crippen molar-refractivity contribution in [3.05, 3.63) is 0 Å². The third kappa shape index (κ3) is 1.46. The fraction of sp³-hybridized carbons (Fsp3) is 1.00. The van der Waals surface area contributed by atoms with E-state index in [1.54, 1.807) is 0 Å². The summed E-state index contributed by atoms with van der Waals surface area (Å²) in [7, 11) is 0. The maximum absolute atomic E-state index is 9.17. The highest BCUT2D eigenvalue weighted by atomic mass is 16.6. The van der Waals surface area contributed by atoms with Gasteiger partial charge in [-0.3, -0.25) is 0 Å². The van der Waals surface area contributed by atoms with Crippen LogP contribution < -0.4 is 0 Å². The van der Waals surface area contributed by atoms with Crippen LogP contribution in [0.3, 0.4) is 0 Å². The maximum Gasteiger partial charge on any atom is 0.165 e. The van der Waals surface area contributed by atoms with Crippen LogP contribution in [0.1, 0.15) is 13.3 Å². The van der Waals surface area contributed by atoms with Gasteiger partial charge in [0.25, 0.3) is 0 Å². The predicted octanol–water partition coefficient (Wildman–Crippen LogP) is -1.16. The smallest absolute Gasteiger partial charge is 0.165 e. The molecule has 10 heavy (non-hydrogen) atoms. The number of rotatable bonds is 1. The first-order valence-electron chi connectivity index (χ1n) is 3.24. The van der Waals surface area contributed by atoms with Gasteiger partial charge in [-0.25, -0.2) is 0 Å². The van der Waals surface area contributed by atoms with E-state index in [2.05, 4.69) is 0 Å². The Kier molecular flexibility index (Phi) is 1.96. The van der Waals surface area contributed by atoms with E-state index in [-0.39, 0.29) is 13.0 Å². The van der Waals surface area contributed by atoms with Gasteiger partial charge in [-0.05, 0) is 6.92 Å². The summed E-state index contributed by atoms with van der Waals surface area (Å²) in [5.74, 6) is -1.27. The second-order valence-corrected chi connectivity index (χ2v) is 2.79. The monoisotopic (exact) mass is 148 g/mol. The number of hydrogen-bond acceptors (Lipinski definition) is 4. The van der Waals surface area contributed by atoms with Crippen molar-refractivity contribution in [2.75, 3.05) is 6.61 Å². The van der Waals surface area contributed by atoms with Crippen LogP contribution in [0.2, 0.25) is 0 Å².